The highest BCUT2D eigenvalue weighted by Gasteiger charge is 2.35. The minimum Gasteiger partial charge on any atom is -0.481 e. The quantitative estimate of drug-likeness (QED) is 0.404. The van der Waals surface area contributed by atoms with Crippen molar-refractivity contribution in [1.82, 2.24) is 6.15 Å². The van der Waals surface area contributed by atoms with Crippen LogP contribution in [0.25, 0.3) is 0 Å². The molecule has 0 fully saturated rings. The molecule has 2 unspecified atom stereocenters. The summed E-state index contributed by atoms with van der Waals surface area (Å²) in [6.45, 7) is 3.98. The van der Waals surface area contributed by atoms with Crippen molar-refractivity contribution in [1.29, 1.82) is 0 Å². The van der Waals surface area contributed by atoms with E-state index in [1.54, 1.807) is 0 Å². The van der Waals surface area contributed by atoms with E-state index in [2.05, 4.69) is 0 Å². The van der Waals surface area contributed by atoms with Gasteiger partial charge in [-0.05, 0) is 12.3 Å². The molecule has 0 bridgehead atoms. The molecule has 0 radical (unpaired) electrons. The topological polar surface area (TPSA) is 153 Å². The van der Waals surface area contributed by atoms with E-state index in [1.165, 1.54) is 0 Å². The number of carboxylic acids is 1. The summed E-state index contributed by atoms with van der Waals surface area (Å²) in [6.07, 6.45) is 2.56. The second kappa shape index (κ2) is 10.5. The van der Waals surface area contributed by atoms with Crippen LogP contribution in [-0.2, 0) is 24.4 Å². The van der Waals surface area contributed by atoms with E-state index < -0.39 is 33.7 Å². The maximum Gasteiger partial charge on any atom is 0.327 e. The average molecular weight is 327 g/mol. The van der Waals surface area contributed by atoms with Gasteiger partial charge in [0.25, 0.3) is 10.1 Å². The van der Waals surface area contributed by atoms with Crippen LogP contribution in [0.1, 0.15) is 46.0 Å². The Morgan fingerprint density at radius 2 is 1.81 bits per heavy atom. The molecular formula is C12H25NO7S. The van der Waals surface area contributed by atoms with Gasteiger partial charge in [-0.3, -0.25) is 14.1 Å². The monoisotopic (exact) mass is 327 g/mol. The number of ether oxygens (including phenoxy) is 1. The molecule has 0 aromatic carbocycles. The standard InChI is InChI=1S/C12H22O7S.H3N/c1-3-5-6-9(4-2)8-19-12(15)10(7-11(13)14)20(16,17)18;/h9-10H,3-8H2,1-2H3,(H,13,14)(H,16,17,18);1H3. The van der Waals surface area contributed by atoms with Crippen molar-refractivity contribution in [3.05, 3.63) is 0 Å². The molecule has 0 amide bonds. The van der Waals surface area contributed by atoms with Gasteiger partial charge in [0.1, 0.15) is 0 Å². The molecule has 21 heavy (non-hydrogen) atoms. The predicted octanol–water partition coefficient (Wildman–Crippen LogP) is 1.64. The first-order chi connectivity index (χ1) is 9.22. The van der Waals surface area contributed by atoms with E-state index in [-0.39, 0.29) is 18.7 Å². The number of carboxylic acid groups (broad SMARTS) is 1. The molecule has 0 heterocycles. The highest BCUT2D eigenvalue weighted by molar-refractivity contribution is 7.87. The lowest BCUT2D eigenvalue weighted by molar-refractivity contribution is -0.148. The molecule has 126 valence electrons. The van der Waals surface area contributed by atoms with Crippen LogP contribution in [0, 0.1) is 5.92 Å². The summed E-state index contributed by atoms with van der Waals surface area (Å²) < 4.78 is 35.7. The molecule has 2 atom stereocenters. The summed E-state index contributed by atoms with van der Waals surface area (Å²) in [4.78, 5) is 22.1. The van der Waals surface area contributed by atoms with Gasteiger partial charge in [-0.15, -0.1) is 0 Å². The first-order valence-corrected chi connectivity index (χ1v) is 8.07. The van der Waals surface area contributed by atoms with Crippen LogP contribution in [-0.4, -0.2) is 41.9 Å². The van der Waals surface area contributed by atoms with E-state index in [4.69, 9.17) is 14.4 Å². The Kier molecular flexibility index (Phi) is 11.1. The van der Waals surface area contributed by atoms with Crippen molar-refractivity contribution in [2.24, 2.45) is 5.92 Å². The summed E-state index contributed by atoms with van der Waals surface area (Å²) in [5.41, 5.74) is 0. The van der Waals surface area contributed by atoms with Crippen molar-refractivity contribution in [3.63, 3.8) is 0 Å². The third kappa shape index (κ3) is 9.38. The molecule has 0 aliphatic heterocycles. The second-order valence-electron chi connectivity index (χ2n) is 4.65. The molecular weight excluding hydrogens is 302 g/mol. The molecule has 9 heteroatoms. The smallest absolute Gasteiger partial charge is 0.327 e. The van der Waals surface area contributed by atoms with Crippen LogP contribution in [0.5, 0.6) is 0 Å². The van der Waals surface area contributed by atoms with Gasteiger partial charge in [0.05, 0.1) is 13.0 Å². The molecule has 0 spiro atoms. The normalized spacial score (nSPS) is 13.9. The lowest BCUT2D eigenvalue weighted by Crippen LogP contribution is -2.34. The van der Waals surface area contributed by atoms with E-state index in [1.807, 2.05) is 13.8 Å². The Labute approximate surface area is 125 Å². The maximum atomic E-state index is 11.6. The Morgan fingerprint density at radius 1 is 1.24 bits per heavy atom. The van der Waals surface area contributed by atoms with Gasteiger partial charge in [-0.1, -0.05) is 33.1 Å². The molecule has 0 rings (SSSR count). The average Bonchev–Trinajstić information content (AvgIpc) is 2.34. The lowest BCUT2D eigenvalue weighted by Gasteiger charge is -2.16. The van der Waals surface area contributed by atoms with Gasteiger partial charge < -0.3 is 16.0 Å². The minimum atomic E-state index is -4.79. The second-order valence-corrected chi connectivity index (χ2v) is 6.25. The zero-order chi connectivity index (χ0) is 15.8. The van der Waals surface area contributed by atoms with E-state index in [0.717, 1.165) is 25.7 Å². The fourth-order valence-corrected chi connectivity index (χ4v) is 2.32. The fourth-order valence-electron chi connectivity index (χ4n) is 1.66. The van der Waals surface area contributed by atoms with Gasteiger partial charge in [-0.25, -0.2) is 0 Å². The molecule has 0 aromatic heterocycles. The van der Waals surface area contributed by atoms with Crippen molar-refractivity contribution in [3.8, 4) is 0 Å². The van der Waals surface area contributed by atoms with Crippen LogP contribution >= 0.6 is 0 Å². The zero-order valence-corrected chi connectivity index (χ0v) is 13.3. The summed E-state index contributed by atoms with van der Waals surface area (Å²) in [5, 5.41) is 6.49. The summed E-state index contributed by atoms with van der Waals surface area (Å²) >= 11 is 0. The van der Waals surface area contributed by atoms with E-state index >= 15 is 0 Å². The highest BCUT2D eigenvalue weighted by Crippen LogP contribution is 2.15. The number of carbonyl (C=O) groups excluding carboxylic acids is 1. The van der Waals surface area contributed by atoms with Crippen LogP contribution in [0.2, 0.25) is 0 Å². The number of hydrogen-bond acceptors (Lipinski definition) is 6. The van der Waals surface area contributed by atoms with Gasteiger partial charge in [0, 0.05) is 0 Å². The van der Waals surface area contributed by atoms with Gasteiger partial charge >= 0.3 is 11.9 Å². The highest BCUT2D eigenvalue weighted by atomic mass is 32.2. The Hall–Kier alpha value is -1.19. The van der Waals surface area contributed by atoms with E-state index in [9.17, 15) is 18.0 Å². The van der Waals surface area contributed by atoms with Crippen molar-refractivity contribution >= 4 is 22.1 Å². The van der Waals surface area contributed by atoms with Crippen LogP contribution < -0.4 is 6.15 Å². The largest absolute Gasteiger partial charge is 0.481 e. The molecule has 8 nitrogen and oxygen atoms in total. The van der Waals surface area contributed by atoms with Crippen molar-refractivity contribution in [2.45, 2.75) is 51.2 Å². The number of unbranched alkanes of at least 4 members (excludes halogenated alkanes) is 1. The number of carbonyl (C=O) groups is 2. The van der Waals surface area contributed by atoms with Crippen molar-refractivity contribution < 1.29 is 32.4 Å². The predicted molar refractivity (Wildman–Crippen MR) is 76.9 cm³/mol. The number of aliphatic carboxylic acids is 1. The first kappa shape index (κ1) is 22.1. The lowest BCUT2D eigenvalue weighted by atomic mass is 10.0. The molecule has 0 aliphatic carbocycles. The summed E-state index contributed by atoms with van der Waals surface area (Å²) in [7, 11) is -4.79. The minimum absolute atomic E-state index is 0. The zero-order valence-electron chi connectivity index (χ0n) is 12.4. The third-order valence-electron chi connectivity index (χ3n) is 2.99. The van der Waals surface area contributed by atoms with E-state index in [0.29, 0.717) is 0 Å². The van der Waals surface area contributed by atoms with Crippen molar-refractivity contribution in [2.75, 3.05) is 6.61 Å². The number of esters is 1. The number of rotatable bonds is 10. The molecule has 0 aromatic rings. The van der Waals surface area contributed by atoms with Gasteiger partial charge in [0.15, 0.2) is 5.25 Å². The third-order valence-corrected chi connectivity index (χ3v) is 4.07. The fraction of sp³-hybridized carbons (Fsp3) is 0.833. The Balaban J connectivity index is 0. The molecule has 5 N–H and O–H groups in total. The van der Waals surface area contributed by atoms with Gasteiger partial charge in [-0.2, -0.15) is 8.42 Å². The molecule has 0 saturated carbocycles. The van der Waals surface area contributed by atoms with Crippen LogP contribution in [0.4, 0.5) is 0 Å². The summed E-state index contributed by atoms with van der Waals surface area (Å²) in [6, 6.07) is 0. The molecule has 0 saturated heterocycles. The summed E-state index contributed by atoms with van der Waals surface area (Å²) in [5.74, 6) is -2.61. The maximum absolute atomic E-state index is 11.6. The Morgan fingerprint density at radius 3 is 2.19 bits per heavy atom. The van der Waals surface area contributed by atoms with Crippen LogP contribution in [0.3, 0.4) is 0 Å². The first-order valence-electron chi connectivity index (χ1n) is 6.57. The van der Waals surface area contributed by atoms with Crippen LogP contribution in [0.15, 0.2) is 0 Å². The SMILES string of the molecule is CCCCC(CC)COC(=O)C(CC(=O)O)S(=O)(=O)O.N. The molecule has 0 aliphatic rings. The number of hydrogen-bond donors (Lipinski definition) is 3. The van der Waals surface area contributed by atoms with Gasteiger partial charge in [0.2, 0.25) is 0 Å². The Bertz CT molecular complexity index is 421.